The van der Waals surface area contributed by atoms with Crippen molar-refractivity contribution >= 4 is 18.8 Å². The van der Waals surface area contributed by atoms with E-state index in [2.05, 4.69) is 6.58 Å². The Morgan fingerprint density at radius 1 is 0.920 bits per heavy atom. The van der Waals surface area contributed by atoms with Gasteiger partial charge in [0.05, 0.1) is 5.56 Å². The molecule has 0 bridgehead atoms. The summed E-state index contributed by atoms with van der Waals surface area (Å²) in [6, 6.07) is 7.98. The third kappa shape index (κ3) is 4.66. The van der Waals surface area contributed by atoms with Crippen LogP contribution in [0.25, 0.3) is 6.08 Å². The zero-order valence-corrected chi connectivity index (χ0v) is 13.0. The lowest BCUT2D eigenvalue weighted by Crippen LogP contribution is -2.34. The second-order valence-corrected chi connectivity index (χ2v) is 5.55. The molecule has 2 aromatic rings. The van der Waals surface area contributed by atoms with Crippen molar-refractivity contribution in [1.82, 2.24) is 0 Å². The molecule has 2 aromatic carbocycles. The molecule has 0 aliphatic heterocycles. The zero-order chi connectivity index (χ0) is 18.8. The van der Waals surface area contributed by atoms with Gasteiger partial charge in [-0.2, -0.15) is 26.3 Å². The first-order chi connectivity index (χ1) is 11.5. The maximum Gasteiger partial charge on any atom is 0.416 e. The minimum absolute atomic E-state index is 0.369. The third-order valence-corrected chi connectivity index (χ3v) is 3.78. The quantitative estimate of drug-likeness (QED) is 0.648. The summed E-state index contributed by atoms with van der Waals surface area (Å²) >= 11 is 0. The van der Waals surface area contributed by atoms with Crippen LogP contribution in [0.5, 0.6) is 0 Å². The molecule has 2 N–H and O–H groups in total. The third-order valence-electron chi connectivity index (χ3n) is 3.78. The van der Waals surface area contributed by atoms with E-state index in [1.54, 1.807) is 30.3 Å². The van der Waals surface area contributed by atoms with E-state index in [1.165, 1.54) is 0 Å². The Kier molecular flexibility index (Phi) is 5.32. The predicted molar refractivity (Wildman–Crippen MR) is 86.7 cm³/mol. The number of benzene rings is 2. The fourth-order valence-corrected chi connectivity index (χ4v) is 2.45. The molecule has 8 heteroatoms. The second-order valence-electron chi connectivity index (χ2n) is 5.55. The summed E-state index contributed by atoms with van der Waals surface area (Å²) in [6.45, 7) is 3.58. The van der Waals surface area contributed by atoms with Crippen molar-refractivity contribution in [3.63, 3.8) is 0 Å². The van der Waals surface area contributed by atoms with Crippen LogP contribution in [0.4, 0.5) is 26.3 Å². The fraction of sp³-hybridized carbons (Fsp3) is 0.176. The SMILES string of the molecule is C=Cc1ccc(C(N)Bc2cc(C(F)(F)F)ccc2C(F)(F)F)cc1. The Hall–Kier alpha value is -2.22. The van der Waals surface area contributed by atoms with E-state index in [0.717, 1.165) is 5.56 Å². The first kappa shape index (κ1) is 19.1. The van der Waals surface area contributed by atoms with Gasteiger partial charge in [-0.05, 0) is 23.3 Å². The second kappa shape index (κ2) is 6.96. The van der Waals surface area contributed by atoms with Crippen molar-refractivity contribution in [3.8, 4) is 0 Å². The zero-order valence-electron chi connectivity index (χ0n) is 13.0. The van der Waals surface area contributed by atoms with Crippen molar-refractivity contribution in [1.29, 1.82) is 0 Å². The average Bonchev–Trinajstić information content (AvgIpc) is 2.53. The lowest BCUT2D eigenvalue weighted by Gasteiger charge is -2.18. The highest BCUT2D eigenvalue weighted by atomic mass is 19.4. The van der Waals surface area contributed by atoms with Crippen LogP contribution in [-0.4, -0.2) is 7.28 Å². The molecule has 0 aliphatic carbocycles. The van der Waals surface area contributed by atoms with Crippen LogP contribution < -0.4 is 11.2 Å². The number of hydrogen-bond donors (Lipinski definition) is 1. The van der Waals surface area contributed by atoms with Gasteiger partial charge in [0.25, 0.3) is 0 Å². The van der Waals surface area contributed by atoms with Crippen LogP contribution in [0.2, 0.25) is 0 Å². The molecular formula is C17H14BF6N. The van der Waals surface area contributed by atoms with Gasteiger partial charge in [-0.3, -0.25) is 0 Å². The summed E-state index contributed by atoms with van der Waals surface area (Å²) in [5, 5.41) is 0. The molecule has 0 amide bonds. The van der Waals surface area contributed by atoms with E-state index in [9.17, 15) is 26.3 Å². The molecule has 0 spiro atoms. The largest absolute Gasteiger partial charge is 0.416 e. The normalized spacial score (nSPS) is 13.4. The molecule has 1 nitrogen and oxygen atoms in total. The summed E-state index contributed by atoms with van der Waals surface area (Å²) in [6.07, 6.45) is -7.90. The molecule has 132 valence electrons. The molecule has 2 rings (SSSR count). The van der Waals surface area contributed by atoms with E-state index < -0.39 is 34.9 Å². The topological polar surface area (TPSA) is 26.0 Å². The molecule has 1 unspecified atom stereocenters. The van der Waals surface area contributed by atoms with Gasteiger partial charge in [0.1, 0.15) is 0 Å². The lowest BCUT2D eigenvalue weighted by molar-refractivity contribution is -0.140. The number of rotatable bonds is 4. The maximum atomic E-state index is 13.1. The van der Waals surface area contributed by atoms with E-state index in [4.69, 9.17) is 5.73 Å². The summed E-state index contributed by atoms with van der Waals surface area (Å²) in [5.74, 6) is -0.872. The van der Waals surface area contributed by atoms with Crippen LogP contribution in [0.3, 0.4) is 0 Å². The van der Waals surface area contributed by atoms with E-state index in [-0.39, 0.29) is 7.28 Å². The monoisotopic (exact) mass is 357 g/mol. The maximum absolute atomic E-state index is 13.1. The summed E-state index contributed by atoms with van der Waals surface area (Å²) in [5.41, 5.74) is 4.51. The first-order valence-electron chi connectivity index (χ1n) is 7.27. The van der Waals surface area contributed by atoms with Crippen molar-refractivity contribution in [3.05, 3.63) is 71.3 Å². The Morgan fingerprint density at radius 3 is 2.00 bits per heavy atom. The van der Waals surface area contributed by atoms with Gasteiger partial charge in [-0.25, -0.2) is 0 Å². The number of halogens is 6. The van der Waals surface area contributed by atoms with Crippen molar-refractivity contribution in [2.75, 3.05) is 0 Å². The van der Waals surface area contributed by atoms with Gasteiger partial charge in [0.15, 0.2) is 7.28 Å². The lowest BCUT2D eigenvalue weighted by atomic mass is 9.59. The fourth-order valence-electron chi connectivity index (χ4n) is 2.45. The molecule has 1 atom stereocenters. The minimum atomic E-state index is -4.76. The van der Waals surface area contributed by atoms with Gasteiger partial charge < -0.3 is 5.73 Å². The smallest absolute Gasteiger partial charge is 0.330 e. The molecule has 0 radical (unpaired) electrons. The van der Waals surface area contributed by atoms with Crippen LogP contribution in [-0.2, 0) is 12.4 Å². The Balaban J connectivity index is 2.39. The minimum Gasteiger partial charge on any atom is -0.330 e. The van der Waals surface area contributed by atoms with Crippen LogP contribution >= 0.6 is 0 Å². The highest BCUT2D eigenvalue weighted by molar-refractivity contribution is 6.55. The van der Waals surface area contributed by atoms with E-state index in [0.29, 0.717) is 23.8 Å². The molecule has 25 heavy (non-hydrogen) atoms. The molecule has 0 fully saturated rings. The van der Waals surface area contributed by atoms with Gasteiger partial charge in [0.2, 0.25) is 0 Å². The highest BCUT2D eigenvalue weighted by Gasteiger charge is 2.37. The number of alkyl halides is 6. The van der Waals surface area contributed by atoms with Crippen LogP contribution in [0.15, 0.2) is 49.0 Å². The van der Waals surface area contributed by atoms with Gasteiger partial charge >= 0.3 is 12.4 Å². The summed E-state index contributed by atoms with van der Waals surface area (Å²) in [4.78, 5) is 0. The Bertz CT molecular complexity index is 749. The molecular weight excluding hydrogens is 343 g/mol. The van der Waals surface area contributed by atoms with E-state index in [1.807, 2.05) is 0 Å². The molecule has 0 aliphatic rings. The van der Waals surface area contributed by atoms with Gasteiger partial charge in [-0.15, -0.1) is 0 Å². The molecule has 0 saturated heterocycles. The van der Waals surface area contributed by atoms with Crippen LogP contribution in [0, 0.1) is 0 Å². The van der Waals surface area contributed by atoms with Gasteiger partial charge in [-0.1, -0.05) is 48.4 Å². The highest BCUT2D eigenvalue weighted by Crippen LogP contribution is 2.33. The van der Waals surface area contributed by atoms with E-state index >= 15 is 0 Å². The number of hydrogen-bond acceptors (Lipinski definition) is 1. The average molecular weight is 357 g/mol. The van der Waals surface area contributed by atoms with Crippen molar-refractivity contribution < 1.29 is 26.3 Å². The first-order valence-corrected chi connectivity index (χ1v) is 7.27. The Labute approximate surface area is 141 Å². The molecule has 0 saturated carbocycles. The molecule has 0 aromatic heterocycles. The van der Waals surface area contributed by atoms with Gasteiger partial charge in [0, 0.05) is 11.5 Å². The number of nitrogens with two attached hydrogens (primary N) is 1. The van der Waals surface area contributed by atoms with Crippen LogP contribution in [0.1, 0.15) is 28.2 Å². The van der Waals surface area contributed by atoms with Crippen molar-refractivity contribution in [2.24, 2.45) is 5.73 Å². The summed E-state index contributed by atoms with van der Waals surface area (Å²) in [7, 11) is -0.369. The standard InChI is InChI=1S/C17H14BF6N/c1-2-10-3-5-11(6-4-10)15(25)18-14-9-12(16(19,20)21)7-8-13(14)17(22,23)24/h2-9,15,18H,1,25H2. The Morgan fingerprint density at radius 2 is 1.52 bits per heavy atom. The van der Waals surface area contributed by atoms with Crippen molar-refractivity contribution in [2.45, 2.75) is 18.3 Å². The molecule has 0 heterocycles. The predicted octanol–water partition coefficient (Wildman–Crippen LogP) is 4.09. The summed E-state index contributed by atoms with van der Waals surface area (Å²) < 4.78 is 77.7.